The van der Waals surface area contributed by atoms with E-state index in [0.29, 0.717) is 32.2 Å². The lowest BCUT2D eigenvalue weighted by molar-refractivity contribution is -0.139. The molecular formula is C19H28N4O2. The number of hydrogen-bond acceptors (Lipinski definition) is 4. The van der Waals surface area contributed by atoms with Crippen molar-refractivity contribution in [3.05, 3.63) is 35.9 Å². The third-order valence-electron chi connectivity index (χ3n) is 5.27. The van der Waals surface area contributed by atoms with Gasteiger partial charge in [0.05, 0.1) is 6.04 Å². The summed E-state index contributed by atoms with van der Waals surface area (Å²) < 4.78 is 0. The van der Waals surface area contributed by atoms with Gasteiger partial charge in [-0.1, -0.05) is 30.3 Å². The molecule has 1 aliphatic carbocycles. The van der Waals surface area contributed by atoms with Crippen molar-refractivity contribution in [2.24, 2.45) is 5.73 Å². The summed E-state index contributed by atoms with van der Waals surface area (Å²) in [4.78, 5) is 29.0. The van der Waals surface area contributed by atoms with Gasteiger partial charge in [-0.3, -0.25) is 14.5 Å². The lowest BCUT2D eigenvalue weighted by atomic mass is 9.91. The molecule has 25 heavy (non-hydrogen) atoms. The molecule has 1 heterocycles. The van der Waals surface area contributed by atoms with Crippen molar-refractivity contribution in [3.63, 3.8) is 0 Å². The number of carbonyl (C=O) groups excluding carboxylic acids is 2. The van der Waals surface area contributed by atoms with Crippen LogP contribution < -0.4 is 11.1 Å². The van der Waals surface area contributed by atoms with Gasteiger partial charge >= 0.3 is 0 Å². The van der Waals surface area contributed by atoms with Crippen LogP contribution in [-0.2, 0) is 15.1 Å². The monoisotopic (exact) mass is 344 g/mol. The van der Waals surface area contributed by atoms with Gasteiger partial charge in [0, 0.05) is 32.2 Å². The number of amides is 2. The number of rotatable bonds is 5. The second-order valence-electron chi connectivity index (χ2n) is 7.36. The average Bonchev–Trinajstić information content (AvgIpc) is 3.45. The molecule has 1 aromatic rings. The molecule has 1 saturated heterocycles. The minimum absolute atomic E-state index is 0.0616. The number of nitrogens with one attached hydrogen (secondary N) is 1. The van der Waals surface area contributed by atoms with Crippen molar-refractivity contribution < 1.29 is 9.59 Å². The quantitative estimate of drug-likeness (QED) is 0.823. The van der Waals surface area contributed by atoms with Crippen LogP contribution in [0, 0.1) is 0 Å². The van der Waals surface area contributed by atoms with Crippen LogP contribution in [0.2, 0.25) is 0 Å². The average molecular weight is 344 g/mol. The summed E-state index contributed by atoms with van der Waals surface area (Å²) in [6.45, 7) is 6.28. The van der Waals surface area contributed by atoms with Crippen LogP contribution in [0.5, 0.6) is 0 Å². The molecule has 2 fully saturated rings. The Morgan fingerprint density at radius 1 is 1.16 bits per heavy atom. The number of carbonyl (C=O) groups is 2. The highest BCUT2D eigenvalue weighted by molar-refractivity contribution is 5.87. The molecule has 3 rings (SSSR count). The van der Waals surface area contributed by atoms with Crippen LogP contribution in [0.1, 0.15) is 32.3 Å². The van der Waals surface area contributed by atoms with Crippen molar-refractivity contribution in [2.75, 3.05) is 26.2 Å². The Morgan fingerprint density at radius 2 is 1.76 bits per heavy atom. The van der Waals surface area contributed by atoms with E-state index in [9.17, 15) is 9.59 Å². The van der Waals surface area contributed by atoms with E-state index in [1.165, 1.54) is 0 Å². The molecule has 6 nitrogen and oxygen atoms in total. The first-order valence-corrected chi connectivity index (χ1v) is 9.08. The molecule has 6 heteroatoms. The fourth-order valence-corrected chi connectivity index (χ4v) is 3.26. The van der Waals surface area contributed by atoms with Crippen LogP contribution in [0.15, 0.2) is 30.3 Å². The molecule has 0 spiro atoms. The number of nitrogens with zero attached hydrogens (tertiary/aromatic N) is 2. The zero-order valence-electron chi connectivity index (χ0n) is 15.1. The van der Waals surface area contributed by atoms with Crippen molar-refractivity contribution in [2.45, 2.75) is 44.3 Å². The smallest absolute Gasteiger partial charge is 0.247 e. The van der Waals surface area contributed by atoms with Gasteiger partial charge in [0.15, 0.2) is 0 Å². The van der Waals surface area contributed by atoms with E-state index < -0.39 is 5.54 Å². The standard InChI is InChI=1S/C19H28N4O2/c1-14(17(24)21-16-8-9-16)22-10-12-23(13-11-22)18(25)19(2,20)15-6-4-3-5-7-15/h3-7,14,16H,8-13,20H2,1-2H3,(H,21,24). The van der Waals surface area contributed by atoms with Crippen LogP contribution in [0.25, 0.3) is 0 Å². The molecule has 2 amide bonds. The van der Waals surface area contributed by atoms with Gasteiger partial charge < -0.3 is 16.0 Å². The molecule has 1 aromatic carbocycles. The van der Waals surface area contributed by atoms with Gasteiger partial charge in [0.25, 0.3) is 0 Å². The predicted molar refractivity (Wildman–Crippen MR) is 96.8 cm³/mol. The van der Waals surface area contributed by atoms with E-state index in [2.05, 4.69) is 10.2 Å². The Bertz CT molecular complexity index is 620. The van der Waals surface area contributed by atoms with E-state index in [4.69, 9.17) is 5.73 Å². The topological polar surface area (TPSA) is 78.7 Å². The SMILES string of the molecule is CC(C(=O)NC1CC1)N1CCN(C(=O)C(C)(N)c2ccccc2)CC1. The van der Waals surface area contributed by atoms with Gasteiger partial charge in [0.2, 0.25) is 11.8 Å². The van der Waals surface area contributed by atoms with Crippen LogP contribution in [0.4, 0.5) is 0 Å². The Labute approximate surface area is 149 Å². The molecule has 0 radical (unpaired) electrons. The molecule has 1 saturated carbocycles. The van der Waals surface area contributed by atoms with Gasteiger partial charge in [-0.2, -0.15) is 0 Å². The molecule has 1 aliphatic heterocycles. The van der Waals surface area contributed by atoms with Crippen LogP contribution in [0.3, 0.4) is 0 Å². The third kappa shape index (κ3) is 4.02. The van der Waals surface area contributed by atoms with Gasteiger partial charge in [-0.15, -0.1) is 0 Å². The molecule has 3 N–H and O–H groups in total. The van der Waals surface area contributed by atoms with Gasteiger partial charge in [-0.05, 0) is 32.3 Å². The van der Waals surface area contributed by atoms with Crippen molar-refractivity contribution in [3.8, 4) is 0 Å². The fourth-order valence-electron chi connectivity index (χ4n) is 3.26. The number of benzene rings is 1. The van der Waals surface area contributed by atoms with E-state index in [0.717, 1.165) is 18.4 Å². The molecule has 2 aliphatic rings. The summed E-state index contributed by atoms with van der Waals surface area (Å²) in [5.41, 5.74) is 6.14. The minimum Gasteiger partial charge on any atom is -0.352 e. The Hall–Kier alpha value is -1.92. The summed E-state index contributed by atoms with van der Waals surface area (Å²) in [5.74, 6) is 0.0312. The maximum atomic E-state index is 12.9. The van der Waals surface area contributed by atoms with E-state index in [1.807, 2.05) is 42.2 Å². The molecule has 2 unspecified atom stereocenters. The number of nitrogens with two attached hydrogens (primary N) is 1. The minimum atomic E-state index is -1.03. The van der Waals surface area contributed by atoms with E-state index in [-0.39, 0.29) is 17.9 Å². The lowest BCUT2D eigenvalue weighted by Gasteiger charge is -2.40. The predicted octanol–water partition coefficient (Wildman–Crippen LogP) is 0.672. The molecule has 2 atom stereocenters. The summed E-state index contributed by atoms with van der Waals surface area (Å²) >= 11 is 0. The fraction of sp³-hybridized carbons (Fsp3) is 0.579. The first-order chi connectivity index (χ1) is 11.9. The van der Waals surface area contributed by atoms with Gasteiger partial charge in [0.1, 0.15) is 5.54 Å². The molecule has 0 aromatic heterocycles. The lowest BCUT2D eigenvalue weighted by Crippen LogP contribution is -2.59. The highest BCUT2D eigenvalue weighted by Crippen LogP contribution is 2.22. The highest BCUT2D eigenvalue weighted by Gasteiger charge is 2.37. The highest BCUT2D eigenvalue weighted by atomic mass is 16.2. The third-order valence-corrected chi connectivity index (χ3v) is 5.27. The first kappa shape index (κ1) is 17.9. The maximum absolute atomic E-state index is 12.9. The number of piperazine rings is 1. The van der Waals surface area contributed by atoms with Crippen LogP contribution >= 0.6 is 0 Å². The van der Waals surface area contributed by atoms with Crippen molar-refractivity contribution in [1.29, 1.82) is 0 Å². The van der Waals surface area contributed by atoms with Crippen molar-refractivity contribution in [1.82, 2.24) is 15.1 Å². The maximum Gasteiger partial charge on any atom is 0.247 e. The second-order valence-corrected chi connectivity index (χ2v) is 7.36. The summed E-state index contributed by atoms with van der Waals surface area (Å²) in [6, 6.07) is 9.70. The molecule has 136 valence electrons. The zero-order valence-corrected chi connectivity index (χ0v) is 15.1. The summed E-state index contributed by atoms with van der Waals surface area (Å²) in [6.07, 6.45) is 2.19. The summed E-state index contributed by atoms with van der Waals surface area (Å²) in [5, 5.41) is 3.05. The largest absolute Gasteiger partial charge is 0.352 e. The summed E-state index contributed by atoms with van der Waals surface area (Å²) in [7, 11) is 0. The number of hydrogen-bond donors (Lipinski definition) is 2. The Balaban J connectivity index is 1.56. The molecular weight excluding hydrogens is 316 g/mol. The Kier molecular flexibility index (Phi) is 5.11. The zero-order chi connectivity index (χ0) is 18.0. The first-order valence-electron chi connectivity index (χ1n) is 9.08. The van der Waals surface area contributed by atoms with Crippen LogP contribution in [-0.4, -0.2) is 59.9 Å². The normalized spacial score (nSPS) is 22.1. The van der Waals surface area contributed by atoms with E-state index in [1.54, 1.807) is 6.92 Å². The van der Waals surface area contributed by atoms with Gasteiger partial charge in [-0.25, -0.2) is 0 Å². The molecule has 0 bridgehead atoms. The van der Waals surface area contributed by atoms with E-state index >= 15 is 0 Å². The second kappa shape index (κ2) is 7.14. The van der Waals surface area contributed by atoms with Crippen molar-refractivity contribution >= 4 is 11.8 Å². The Morgan fingerprint density at radius 3 is 2.32 bits per heavy atom.